The van der Waals surface area contributed by atoms with Crippen LogP contribution in [0.3, 0.4) is 0 Å². The fraction of sp³-hybridized carbons (Fsp3) is 0.400. The van der Waals surface area contributed by atoms with Gasteiger partial charge in [-0.2, -0.15) is 4.40 Å². The zero-order chi connectivity index (χ0) is 24.6. The van der Waals surface area contributed by atoms with Crippen molar-refractivity contribution in [2.45, 2.75) is 47.5 Å². The van der Waals surface area contributed by atoms with Crippen molar-refractivity contribution >= 4 is 36.1 Å². The van der Waals surface area contributed by atoms with E-state index in [9.17, 15) is 4.39 Å². The van der Waals surface area contributed by atoms with Crippen molar-refractivity contribution in [2.75, 3.05) is 24.3 Å². The summed E-state index contributed by atoms with van der Waals surface area (Å²) < 4.78 is 23.6. The molecule has 0 fully saturated rings. The van der Waals surface area contributed by atoms with Crippen LogP contribution in [0.4, 0.5) is 10.1 Å². The van der Waals surface area contributed by atoms with E-state index >= 15 is 0 Å². The SMILES string of the molecule is C=C\C(F)=C/C(=C\C)C(/N=C)=N/SCOc1cc(C)c(NC2=NCCCN2)cc1C.CCC. The van der Waals surface area contributed by atoms with Crippen LogP contribution in [0.25, 0.3) is 0 Å². The Kier molecular flexibility index (Phi) is 13.5. The quantitative estimate of drug-likeness (QED) is 0.112. The number of nitrogens with zero attached hydrogens (tertiary/aromatic N) is 3. The van der Waals surface area contributed by atoms with Crippen LogP contribution in [0, 0.1) is 13.8 Å². The molecule has 0 amide bonds. The summed E-state index contributed by atoms with van der Waals surface area (Å²) in [6.07, 6.45) is 6.45. The number of aryl methyl sites for hydroxylation is 2. The van der Waals surface area contributed by atoms with Gasteiger partial charge in [0.1, 0.15) is 11.6 Å². The number of halogens is 1. The molecule has 1 aromatic rings. The number of hydrogen-bond donors (Lipinski definition) is 2. The molecule has 0 saturated heterocycles. The third-order valence-electron chi connectivity index (χ3n) is 4.30. The van der Waals surface area contributed by atoms with Crippen LogP contribution < -0.4 is 15.4 Å². The number of guanidine groups is 1. The van der Waals surface area contributed by atoms with Gasteiger partial charge >= 0.3 is 0 Å². The predicted molar refractivity (Wildman–Crippen MR) is 144 cm³/mol. The molecule has 180 valence electrons. The summed E-state index contributed by atoms with van der Waals surface area (Å²) in [6.45, 7) is 18.7. The molecule has 0 atom stereocenters. The number of ether oxygens (including phenoxy) is 1. The standard InChI is InChI=1S/C22H28FN5OS.C3H8/c1-6-17(13-18(23)7-2)21(24-5)28-30-14-29-20-12-15(3)19(11-16(20)4)27-22-25-9-8-10-26-22;1-3-2/h6-7,11-13H,2,5,8-10,14H2,1,3-4H3,(H2,25,26,27);3H2,1-2H3/b17-6+,18-13+,28-21-;. The van der Waals surface area contributed by atoms with Gasteiger partial charge in [0.15, 0.2) is 17.7 Å². The fourth-order valence-electron chi connectivity index (χ4n) is 2.66. The predicted octanol–water partition coefficient (Wildman–Crippen LogP) is 6.55. The number of amidine groups is 1. The first-order valence-corrected chi connectivity index (χ1v) is 12.0. The summed E-state index contributed by atoms with van der Waals surface area (Å²) in [5.74, 6) is 1.72. The minimum Gasteiger partial charge on any atom is -0.481 e. The van der Waals surface area contributed by atoms with Gasteiger partial charge in [-0.3, -0.25) is 4.99 Å². The molecule has 6 nitrogen and oxygen atoms in total. The molecule has 0 saturated carbocycles. The van der Waals surface area contributed by atoms with E-state index in [-0.39, 0.29) is 5.94 Å². The van der Waals surface area contributed by atoms with Gasteiger partial charge in [-0.25, -0.2) is 9.38 Å². The minimum atomic E-state index is -0.463. The second-order valence-corrected chi connectivity index (χ2v) is 7.89. The number of hydrogen-bond acceptors (Lipinski definition) is 6. The third kappa shape index (κ3) is 10.1. The molecule has 2 N–H and O–H groups in total. The van der Waals surface area contributed by atoms with Gasteiger partial charge in [0, 0.05) is 36.3 Å². The molecule has 0 spiro atoms. The molecule has 0 aliphatic carbocycles. The zero-order valence-electron chi connectivity index (χ0n) is 20.4. The molecule has 1 aromatic carbocycles. The van der Waals surface area contributed by atoms with Crippen LogP contribution in [0.15, 0.2) is 62.7 Å². The fourth-order valence-corrected chi connectivity index (χ4v) is 3.18. The van der Waals surface area contributed by atoms with Crippen LogP contribution in [0.1, 0.15) is 44.7 Å². The van der Waals surface area contributed by atoms with Crippen LogP contribution in [-0.2, 0) is 0 Å². The molecule has 0 unspecified atom stereocenters. The lowest BCUT2D eigenvalue weighted by Crippen LogP contribution is -2.35. The van der Waals surface area contributed by atoms with E-state index in [1.165, 1.54) is 24.4 Å². The Hall–Kier alpha value is -2.87. The largest absolute Gasteiger partial charge is 0.481 e. The summed E-state index contributed by atoms with van der Waals surface area (Å²) in [5, 5.41) is 6.59. The first kappa shape index (κ1) is 28.2. The molecule has 8 heteroatoms. The van der Waals surface area contributed by atoms with E-state index in [0.29, 0.717) is 11.4 Å². The topological polar surface area (TPSA) is 70.4 Å². The van der Waals surface area contributed by atoms with Gasteiger partial charge in [0.05, 0.1) is 0 Å². The number of rotatable bonds is 8. The summed E-state index contributed by atoms with van der Waals surface area (Å²) >= 11 is 1.18. The van der Waals surface area contributed by atoms with E-state index in [1.54, 1.807) is 13.0 Å². The van der Waals surface area contributed by atoms with Gasteiger partial charge in [0.25, 0.3) is 0 Å². The average molecular weight is 474 g/mol. The van der Waals surface area contributed by atoms with Gasteiger partial charge in [-0.1, -0.05) is 32.9 Å². The molecule has 1 heterocycles. The summed E-state index contributed by atoms with van der Waals surface area (Å²) in [6, 6.07) is 4.02. The Labute approximate surface area is 202 Å². The number of anilines is 1. The van der Waals surface area contributed by atoms with Crippen molar-refractivity contribution in [3.8, 4) is 5.75 Å². The van der Waals surface area contributed by atoms with Crippen LogP contribution in [-0.4, -0.2) is 37.5 Å². The van der Waals surface area contributed by atoms with Crippen molar-refractivity contribution in [1.29, 1.82) is 0 Å². The van der Waals surface area contributed by atoms with Crippen molar-refractivity contribution in [1.82, 2.24) is 5.32 Å². The maximum atomic E-state index is 13.5. The van der Waals surface area contributed by atoms with Crippen LogP contribution >= 0.6 is 11.9 Å². The number of allylic oxidation sites excluding steroid dienone is 3. The zero-order valence-corrected chi connectivity index (χ0v) is 21.2. The van der Waals surface area contributed by atoms with Gasteiger partial charge in [-0.05, 0) is 69.3 Å². The second-order valence-electron chi connectivity index (χ2n) is 7.22. The second kappa shape index (κ2) is 15.9. The van der Waals surface area contributed by atoms with Gasteiger partial charge in [-0.15, -0.1) is 0 Å². The van der Waals surface area contributed by atoms with Crippen molar-refractivity contribution < 1.29 is 9.13 Å². The van der Waals surface area contributed by atoms with E-state index in [2.05, 4.69) is 52.2 Å². The minimum absolute atomic E-state index is 0.283. The molecular formula is C25H36FN5OS. The monoisotopic (exact) mass is 473 g/mol. The van der Waals surface area contributed by atoms with Crippen molar-refractivity contribution in [2.24, 2.45) is 14.4 Å². The Bertz CT molecular complexity index is 922. The highest BCUT2D eigenvalue weighted by atomic mass is 32.2. The van der Waals surface area contributed by atoms with Crippen LogP contribution in [0.2, 0.25) is 0 Å². The molecule has 0 radical (unpaired) electrons. The normalized spacial score (nSPS) is 14.4. The van der Waals surface area contributed by atoms with E-state index in [0.717, 1.165) is 54.1 Å². The lowest BCUT2D eigenvalue weighted by Gasteiger charge is -2.18. The highest BCUT2D eigenvalue weighted by molar-refractivity contribution is 7.98. The molecule has 1 aliphatic heterocycles. The molecular weight excluding hydrogens is 437 g/mol. The first-order chi connectivity index (χ1) is 15.9. The summed E-state index contributed by atoms with van der Waals surface area (Å²) in [5.41, 5.74) is 3.56. The smallest absolute Gasteiger partial charge is 0.195 e. The Morgan fingerprint density at radius 2 is 2.06 bits per heavy atom. The van der Waals surface area contributed by atoms with E-state index in [1.807, 2.05) is 26.0 Å². The molecule has 0 bridgehead atoms. The lowest BCUT2D eigenvalue weighted by molar-refractivity contribution is 0.390. The maximum Gasteiger partial charge on any atom is 0.195 e. The molecule has 1 aliphatic rings. The number of aliphatic imine (C=N–C) groups is 2. The average Bonchev–Trinajstić information content (AvgIpc) is 2.81. The Balaban J connectivity index is 0.00000172. The lowest BCUT2D eigenvalue weighted by atomic mass is 10.1. The Morgan fingerprint density at radius 3 is 2.64 bits per heavy atom. The number of benzene rings is 1. The summed E-state index contributed by atoms with van der Waals surface area (Å²) in [7, 11) is 0. The highest BCUT2D eigenvalue weighted by Gasteiger charge is 2.10. The van der Waals surface area contributed by atoms with Gasteiger partial charge in [0.2, 0.25) is 0 Å². The molecule has 0 aromatic heterocycles. The number of nitrogens with one attached hydrogen (secondary N) is 2. The molecule has 2 rings (SSSR count). The van der Waals surface area contributed by atoms with E-state index in [4.69, 9.17) is 4.74 Å². The first-order valence-electron chi connectivity index (χ1n) is 11.0. The maximum absolute atomic E-state index is 13.5. The van der Waals surface area contributed by atoms with Crippen LogP contribution in [0.5, 0.6) is 5.75 Å². The third-order valence-corrected chi connectivity index (χ3v) is 4.82. The molecule has 33 heavy (non-hydrogen) atoms. The highest BCUT2D eigenvalue weighted by Crippen LogP contribution is 2.27. The van der Waals surface area contributed by atoms with Gasteiger partial charge < -0.3 is 15.4 Å². The summed E-state index contributed by atoms with van der Waals surface area (Å²) in [4.78, 5) is 8.32. The van der Waals surface area contributed by atoms with Crippen molar-refractivity contribution in [3.63, 3.8) is 0 Å². The van der Waals surface area contributed by atoms with Crippen molar-refractivity contribution in [3.05, 3.63) is 59.5 Å². The van der Waals surface area contributed by atoms with E-state index < -0.39 is 5.83 Å². The Morgan fingerprint density at radius 1 is 1.33 bits per heavy atom.